The van der Waals surface area contributed by atoms with Gasteiger partial charge in [0.25, 0.3) is 0 Å². The lowest BCUT2D eigenvalue weighted by atomic mass is 10.2. The summed E-state index contributed by atoms with van der Waals surface area (Å²) in [7, 11) is 1.62. The minimum Gasteiger partial charge on any atom is -0.497 e. The van der Waals surface area contributed by atoms with Crippen molar-refractivity contribution in [2.45, 2.75) is 25.4 Å². The number of rotatable bonds is 5. The number of amides is 2. The average molecular weight is 340 g/mol. The highest BCUT2D eigenvalue weighted by atomic mass is 16.7. The molecule has 1 aliphatic heterocycles. The van der Waals surface area contributed by atoms with E-state index in [9.17, 15) is 4.79 Å². The molecule has 1 fully saturated rings. The number of ether oxygens (including phenoxy) is 3. The van der Waals surface area contributed by atoms with Crippen molar-refractivity contribution in [1.82, 2.24) is 4.90 Å². The minimum absolute atomic E-state index is 0.0923. The molecule has 2 aromatic rings. The summed E-state index contributed by atoms with van der Waals surface area (Å²) >= 11 is 0. The standard InChI is InChI=1S/C19H20N2O4/c1-23-16-7-3-14(4-8-16)20-19(22)21(15-5-6-15)11-13-2-9-17-18(10-13)25-12-24-17/h2-4,7-10,15H,5-6,11-12H2,1H3,(H,20,22). The zero-order valence-electron chi connectivity index (χ0n) is 14.0. The number of methoxy groups -OCH3 is 1. The van der Waals surface area contributed by atoms with E-state index < -0.39 is 0 Å². The van der Waals surface area contributed by atoms with Gasteiger partial charge >= 0.3 is 6.03 Å². The molecule has 0 unspecified atom stereocenters. The Bertz CT molecular complexity index is 771. The Balaban J connectivity index is 1.46. The number of hydrogen-bond donors (Lipinski definition) is 1. The van der Waals surface area contributed by atoms with E-state index in [-0.39, 0.29) is 12.8 Å². The van der Waals surface area contributed by atoms with Gasteiger partial charge in [-0.05, 0) is 54.8 Å². The van der Waals surface area contributed by atoms with Crippen LogP contribution in [0, 0.1) is 0 Å². The van der Waals surface area contributed by atoms with Crippen LogP contribution in [-0.2, 0) is 6.54 Å². The predicted molar refractivity (Wildman–Crippen MR) is 93.1 cm³/mol. The number of carbonyl (C=O) groups excluding carboxylic acids is 1. The van der Waals surface area contributed by atoms with E-state index >= 15 is 0 Å². The summed E-state index contributed by atoms with van der Waals surface area (Å²) in [6.45, 7) is 0.798. The number of anilines is 1. The fraction of sp³-hybridized carbons (Fsp3) is 0.316. The molecule has 2 aromatic carbocycles. The Morgan fingerprint density at radius 3 is 2.64 bits per heavy atom. The van der Waals surface area contributed by atoms with Gasteiger partial charge in [-0.3, -0.25) is 0 Å². The molecule has 1 saturated carbocycles. The number of nitrogens with one attached hydrogen (secondary N) is 1. The van der Waals surface area contributed by atoms with Crippen molar-refractivity contribution >= 4 is 11.7 Å². The van der Waals surface area contributed by atoms with Gasteiger partial charge in [0.1, 0.15) is 5.75 Å². The SMILES string of the molecule is COc1ccc(NC(=O)N(Cc2ccc3c(c2)OCO3)C2CC2)cc1. The van der Waals surface area contributed by atoms with E-state index in [1.54, 1.807) is 7.11 Å². The van der Waals surface area contributed by atoms with Crippen LogP contribution in [0.1, 0.15) is 18.4 Å². The van der Waals surface area contributed by atoms with Gasteiger partial charge in [0.15, 0.2) is 11.5 Å². The molecule has 1 heterocycles. The van der Waals surface area contributed by atoms with Crippen LogP contribution in [0.5, 0.6) is 17.2 Å². The zero-order chi connectivity index (χ0) is 17.2. The van der Waals surface area contributed by atoms with Crippen LogP contribution in [0.2, 0.25) is 0 Å². The number of fused-ring (bicyclic) bond motifs is 1. The highest BCUT2D eigenvalue weighted by Gasteiger charge is 2.33. The molecule has 25 heavy (non-hydrogen) atoms. The van der Waals surface area contributed by atoms with Crippen LogP contribution in [0.15, 0.2) is 42.5 Å². The normalized spacial score (nSPS) is 14.9. The van der Waals surface area contributed by atoms with E-state index in [0.717, 1.165) is 41.3 Å². The van der Waals surface area contributed by atoms with Gasteiger partial charge in [-0.1, -0.05) is 6.07 Å². The zero-order valence-corrected chi connectivity index (χ0v) is 14.0. The summed E-state index contributed by atoms with van der Waals surface area (Å²) in [5, 5.41) is 2.96. The quantitative estimate of drug-likeness (QED) is 0.903. The van der Waals surface area contributed by atoms with Gasteiger partial charge in [-0.25, -0.2) is 4.79 Å². The molecule has 0 saturated heterocycles. The van der Waals surface area contributed by atoms with E-state index in [1.807, 2.05) is 47.4 Å². The van der Waals surface area contributed by atoms with Crippen molar-refractivity contribution < 1.29 is 19.0 Å². The number of carbonyl (C=O) groups is 1. The van der Waals surface area contributed by atoms with Gasteiger partial charge < -0.3 is 24.4 Å². The molecular weight excluding hydrogens is 320 g/mol. The summed E-state index contributed by atoms with van der Waals surface area (Å²) in [6, 6.07) is 13.3. The monoisotopic (exact) mass is 340 g/mol. The second-order valence-electron chi connectivity index (χ2n) is 6.21. The van der Waals surface area contributed by atoms with E-state index in [2.05, 4.69) is 5.32 Å². The molecule has 2 aliphatic rings. The molecule has 6 nitrogen and oxygen atoms in total. The molecule has 0 atom stereocenters. The molecule has 1 aliphatic carbocycles. The van der Waals surface area contributed by atoms with Crippen molar-refractivity contribution in [3.05, 3.63) is 48.0 Å². The molecular formula is C19H20N2O4. The Morgan fingerprint density at radius 2 is 1.92 bits per heavy atom. The molecule has 0 spiro atoms. The van der Waals surface area contributed by atoms with Gasteiger partial charge in [-0.15, -0.1) is 0 Å². The molecule has 2 amide bonds. The Labute approximate surface area is 146 Å². The Hall–Kier alpha value is -2.89. The topological polar surface area (TPSA) is 60.0 Å². The van der Waals surface area contributed by atoms with Crippen molar-refractivity contribution in [3.8, 4) is 17.2 Å². The lowest BCUT2D eigenvalue weighted by Crippen LogP contribution is -2.36. The third-order valence-electron chi connectivity index (χ3n) is 4.38. The number of nitrogens with zero attached hydrogens (tertiary/aromatic N) is 1. The van der Waals surface area contributed by atoms with Crippen LogP contribution < -0.4 is 19.5 Å². The Kier molecular flexibility index (Phi) is 4.09. The van der Waals surface area contributed by atoms with Gasteiger partial charge in [0.05, 0.1) is 7.11 Å². The largest absolute Gasteiger partial charge is 0.497 e. The first kappa shape index (κ1) is 15.6. The second kappa shape index (κ2) is 6.55. The highest BCUT2D eigenvalue weighted by Crippen LogP contribution is 2.34. The maximum atomic E-state index is 12.7. The van der Waals surface area contributed by atoms with Crippen LogP contribution >= 0.6 is 0 Å². The number of benzene rings is 2. The van der Waals surface area contributed by atoms with Gasteiger partial charge in [0, 0.05) is 18.3 Å². The fourth-order valence-electron chi connectivity index (χ4n) is 2.86. The first-order chi connectivity index (χ1) is 12.2. The first-order valence-corrected chi connectivity index (χ1v) is 8.33. The van der Waals surface area contributed by atoms with E-state index in [1.165, 1.54) is 0 Å². The lowest BCUT2D eigenvalue weighted by molar-refractivity contribution is 0.174. The molecule has 0 aromatic heterocycles. The number of hydrogen-bond acceptors (Lipinski definition) is 4. The highest BCUT2D eigenvalue weighted by molar-refractivity contribution is 5.89. The lowest BCUT2D eigenvalue weighted by Gasteiger charge is -2.23. The smallest absolute Gasteiger partial charge is 0.322 e. The molecule has 4 rings (SSSR count). The molecule has 0 bridgehead atoms. The third kappa shape index (κ3) is 3.47. The van der Waals surface area contributed by atoms with Crippen molar-refractivity contribution in [3.63, 3.8) is 0 Å². The maximum absolute atomic E-state index is 12.7. The fourth-order valence-corrected chi connectivity index (χ4v) is 2.86. The maximum Gasteiger partial charge on any atom is 0.322 e. The van der Waals surface area contributed by atoms with Crippen LogP contribution in [-0.4, -0.2) is 30.9 Å². The summed E-state index contributed by atoms with van der Waals surface area (Å²) < 4.78 is 15.9. The molecule has 1 N–H and O–H groups in total. The summed E-state index contributed by atoms with van der Waals surface area (Å²) in [5.41, 5.74) is 1.78. The molecule has 6 heteroatoms. The third-order valence-corrected chi connectivity index (χ3v) is 4.38. The average Bonchev–Trinajstić information content (AvgIpc) is 3.37. The van der Waals surface area contributed by atoms with Crippen molar-refractivity contribution in [1.29, 1.82) is 0 Å². The van der Waals surface area contributed by atoms with Gasteiger partial charge in [-0.2, -0.15) is 0 Å². The van der Waals surface area contributed by atoms with E-state index in [4.69, 9.17) is 14.2 Å². The second-order valence-corrected chi connectivity index (χ2v) is 6.21. The summed E-state index contributed by atoms with van der Waals surface area (Å²) in [5.74, 6) is 2.26. The van der Waals surface area contributed by atoms with Crippen LogP contribution in [0.4, 0.5) is 10.5 Å². The first-order valence-electron chi connectivity index (χ1n) is 8.33. The van der Waals surface area contributed by atoms with E-state index in [0.29, 0.717) is 12.6 Å². The molecule has 130 valence electrons. The summed E-state index contributed by atoms with van der Waals surface area (Å²) in [4.78, 5) is 14.6. The minimum atomic E-state index is -0.0923. The van der Waals surface area contributed by atoms with Crippen LogP contribution in [0.25, 0.3) is 0 Å². The number of urea groups is 1. The molecule has 0 radical (unpaired) electrons. The van der Waals surface area contributed by atoms with Crippen molar-refractivity contribution in [2.24, 2.45) is 0 Å². The Morgan fingerprint density at radius 1 is 1.16 bits per heavy atom. The predicted octanol–water partition coefficient (Wildman–Crippen LogP) is 3.62. The van der Waals surface area contributed by atoms with Crippen LogP contribution in [0.3, 0.4) is 0 Å². The summed E-state index contributed by atoms with van der Waals surface area (Å²) in [6.07, 6.45) is 2.08. The van der Waals surface area contributed by atoms with Gasteiger partial charge in [0.2, 0.25) is 6.79 Å². The van der Waals surface area contributed by atoms with Crippen molar-refractivity contribution in [2.75, 3.05) is 19.2 Å².